The zero-order chi connectivity index (χ0) is 13.9. The first-order chi connectivity index (χ1) is 8.20. The highest BCUT2D eigenvalue weighted by Gasteiger charge is 2.38. The summed E-state index contributed by atoms with van der Waals surface area (Å²) in [4.78, 5) is 13.1. The van der Waals surface area contributed by atoms with Crippen molar-refractivity contribution in [1.82, 2.24) is 10.2 Å². The lowest BCUT2D eigenvalue weighted by Gasteiger charge is -2.29. The van der Waals surface area contributed by atoms with Crippen LogP contribution in [-0.2, 0) is 4.79 Å². The zero-order valence-corrected chi connectivity index (χ0v) is 11.0. The van der Waals surface area contributed by atoms with Gasteiger partial charge in [-0.2, -0.15) is 13.2 Å². The van der Waals surface area contributed by atoms with Gasteiger partial charge in [-0.25, -0.2) is 0 Å². The molecule has 0 spiro atoms. The molecule has 3 nitrogen and oxygen atoms in total. The Morgan fingerprint density at radius 3 is 2.39 bits per heavy atom. The van der Waals surface area contributed by atoms with Gasteiger partial charge in [-0.3, -0.25) is 4.79 Å². The van der Waals surface area contributed by atoms with E-state index in [1.165, 1.54) is 0 Å². The van der Waals surface area contributed by atoms with Crippen molar-refractivity contribution in [2.24, 2.45) is 17.8 Å². The van der Waals surface area contributed by atoms with Crippen molar-refractivity contribution in [2.45, 2.75) is 26.9 Å². The molecule has 2 atom stereocenters. The molecule has 0 bridgehead atoms. The number of halogens is 3. The Morgan fingerprint density at radius 1 is 1.39 bits per heavy atom. The lowest BCUT2D eigenvalue weighted by atomic mass is 9.96. The van der Waals surface area contributed by atoms with Crippen LogP contribution in [0.4, 0.5) is 13.2 Å². The predicted molar refractivity (Wildman–Crippen MR) is 63.0 cm³/mol. The zero-order valence-electron chi connectivity index (χ0n) is 11.0. The van der Waals surface area contributed by atoms with Crippen LogP contribution in [0.15, 0.2) is 0 Å². The van der Waals surface area contributed by atoms with Crippen LogP contribution >= 0.6 is 0 Å². The van der Waals surface area contributed by atoms with Crippen molar-refractivity contribution >= 4 is 5.91 Å². The minimum absolute atomic E-state index is 0.0287. The van der Waals surface area contributed by atoms with Crippen LogP contribution in [0.1, 0.15) is 20.8 Å². The average Bonchev–Trinajstić information content (AvgIpc) is 2.59. The third-order valence-electron chi connectivity index (χ3n) is 3.10. The molecule has 0 aromatic heterocycles. The molecule has 18 heavy (non-hydrogen) atoms. The lowest BCUT2D eigenvalue weighted by Crippen LogP contribution is -2.45. The Kier molecular flexibility index (Phi) is 5.01. The summed E-state index contributed by atoms with van der Waals surface area (Å²) in [5.74, 6) is -0.578. The van der Waals surface area contributed by atoms with Crippen molar-refractivity contribution in [3.8, 4) is 0 Å². The van der Waals surface area contributed by atoms with Crippen LogP contribution in [0.5, 0.6) is 0 Å². The van der Waals surface area contributed by atoms with Gasteiger partial charge in [0.1, 0.15) is 6.54 Å². The number of nitrogens with one attached hydrogen (secondary N) is 1. The molecule has 0 aliphatic carbocycles. The summed E-state index contributed by atoms with van der Waals surface area (Å²) in [6.07, 6.45) is -4.33. The monoisotopic (exact) mass is 266 g/mol. The van der Waals surface area contributed by atoms with E-state index in [1.54, 1.807) is 0 Å². The van der Waals surface area contributed by atoms with Crippen LogP contribution in [-0.4, -0.2) is 43.2 Å². The Labute approximate surface area is 106 Å². The van der Waals surface area contributed by atoms with Crippen LogP contribution in [0, 0.1) is 17.8 Å². The highest BCUT2D eigenvalue weighted by molar-refractivity contribution is 5.79. The van der Waals surface area contributed by atoms with Gasteiger partial charge < -0.3 is 10.2 Å². The summed E-state index contributed by atoms with van der Waals surface area (Å²) in [6, 6.07) is 0. The first-order valence-electron chi connectivity index (χ1n) is 6.27. The van der Waals surface area contributed by atoms with Gasteiger partial charge in [0.05, 0.1) is 5.92 Å². The second-order valence-corrected chi connectivity index (χ2v) is 5.47. The fourth-order valence-electron chi connectivity index (χ4n) is 2.26. The maximum Gasteiger partial charge on any atom is 0.406 e. The molecule has 0 aromatic carbocycles. The van der Waals surface area contributed by atoms with Crippen molar-refractivity contribution in [3.63, 3.8) is 0 Å². The minimum Gasteiger partial charge on any atom is -0.333 e. The number of hydrogen-bond acceptors (Lipinski definition) is 2. The Hall–Kier alpha value is -0.780. The Balaban J connectivity index is 2.72. The molecule has 1 saturated heterocycles. The molecular formula is C12H21F3N2O. The largest absolute Gasteiger partial charge is 0.406 e. The summed E-state index contributed by atoms with van der Waals surface area (Å²) < 4.78 is 37.5. The maximum atomic E-state index is 12.5. The van der Waals surface area contributed by atoms with Crippen molar-refractivity contribution in [2.75, 3.05) is 26.2 Å². The highest BCUT2D eigenvalue weighted by atomic mass is 19.4. The third kappa shape index (κ3) is 4.48. The third-order valence-corrected chi connectivity index (χ3v) is 3.10. The van der Waals surface area contributed by atoms with Crippen LogP contribution < -0.4 is 5.32 Å². The molecule has 0 unspecified atom stereocenters. The van der Waals surface area contributed by atoms with Crippen molar-refractivity contribution in [3.05, 3.63) is 0 Å². The van der Waals surface area contributed by atoms with Gasteiger partial charge in [0.25, 0.3) is 0 Å². The van der Waals surface area contributed by atoms with Gasteiger partial charge in [0.15, 0.2) is 0 Å². The maximum absolute atomic E-state index is 12.5. The predicted octanol–water partition coefficient (Wildman–Crippen LogP) is 1.89. The number of alkyl halides is 3. The molecule has 1 rings (SSSR count). The molecule has 106 valence electrons. The fourth-order valence-corrected chi connectivity index (χ4v) is 2.26. The second-order valence-electron chi connectivity index (χ2n) is 5.47. The Morgan fingerprint density at radius 2 is 2.00 bits per heavy atom. The molecule has 6 heteroatoms. The Bertz CT molecular complexity index is 292. The highest BCUT2D eigenvalue weighted by Crippen LogP contribution is 2.23. The normalized spacial score (nSPS) is 24.6. The molecule has 0 saturated carbocycles. The average molecular weight is 266 g/mol. The number of rotatable bonds is 4. The fraction of sp³-hybridized carbons (Fsp3) is 0.917. The number of nitrogens with zero attached hydrogens (tertiary/aromatic N) is 1. The van der Waals surface area contributed by atoms with Gasteiger partial charge in [-0.05, 0) is 18.4 Å². The number of hydrogen-bond donors (Lipinski definition) is 1. The standard InChI is InChI=1S/C12H21F3N2O/c1-8(2)6-17(7-12(13,14)15)11(18)10-5-16-4-9(10)3/h8-10,16H,4-7H2,1-3H3/t9-,10-/m1/s1. The molecule has 1 heterocycles. The molecule has 1 amide bonds. The van der Waals surface area contributed by atoms with Gasteiger partial charge in [-0.15, -0.1) is 0 Å². The van der Waals surface area contributed by atoms with Crippen LogP contribution in [0.2, 0.25) is 0 Å². The summed E-state index contributed by atoms with van der Waals surface area (Å²) >= 11 is 0. The van der Waals surface area contributed by atoms with Crippen molar-refractivity contribution in [1.29, 1.82) is 0 Å². The van der Waals surface area contributed by atoms with Crippen LogP contribution in [0.25, 0.3) is 0 Å². The summed E-state index contributed by atoms with van der Waals surface area (Å²) in [5, 5.41) is 3.05. The molecule has 1 fully saturated rings. The summed E-state index contributed by atoms with van der Waals surface area (Å²) in [6.45, 7) is 5.70. The number of carbonyl (C=O) groups is 1. The van der Waals surface area contributed by atoms with Crippen LogP contribution in [0.3, 0.4) is 0 Å². The van der Waals surface area contributed by atoms with E-state index in [0.29, 0.717) is 13.1 Å². The lowest BCUT2D eigenvalue weighted by molar-refractivity contribution is -0.165. The van der Waals surface area contributed by atoms with E-state index in [2.05, 4.69) is 5.32 Å². The molecular weight excluding hydrogens is 245 g/mol. The van der Waals surface area contributed by atoms with E-state index in [1.807, 2.05) is 20.8 Å². The molecule has 0 aromatic rings. The van der Waals surface area contributed by atoms with E-state index < -0.39 is 12.7 Å². The first kappa shape index (κ1) is 15.3. The van der Waals surface area contributed by atoms with E-state index in [9.17, 15) is 18.0 Å². The van der Waals surface area contributed by atoms with Gasteiger partial charge >= 0.3 is 6.18 Å². The van der Waals surface area contributed by atoms with E-state index in [-0.39, 0.29) is 30.2 Å². The molecule has 1 N–H and O–H groups in total. The van der Waals surface area contributed by atoms with Gasteiger partial charge in [0.2, 0.25) is 5.91 Å². The smallest absolute Gasteiger partial charge is 0.333 e. The molecule has 1 aliphatic heterocycles. The quantitative estimate of drug-likeness (QED) is 0.842. The molecule has 1 aliphatic rings. The van der Waals surface area contributed by atoms with E-state index in [4.69, 9.17) is 0 Å². The number of carbonyl (C=O) groups excluding carboxylic acids is 1. The minimum atomic E-state index is -4.33. The molecule has 0 radical (unpaired) electrons. The SMILES string of the molecule is CC(C)CN(CC(F)(F)F)C(=O)[C@@H]1CNC[C@H]1C. The van der Waals surface area contributed by atoms with E-state index >= 15 is 0 Å². The number of amides is 1. The summed E-state index contributed by atoms with van der Waals surface area (Å²) in [5.41, 5.74) is 0. The van der Waals surface area contributed by atoms with E-state index in [0.717, 1.165) is 4.90 Å². The van der Waals surface area contributed by atoms with Gasteiger partial charge in [0, 0.05) is 13.1 Å². The summed E-state index contributed by atoms with van der Waals surface area (Å²) in [7, 11) is 0. The second kappa shape index (κ2) is 5.91. The first-order valence-corrected chi connectivity index (χ1v) is 6.27. The topological polar surface area (TPSA) is 32.3 Å². The van der Waals surface area contributed by atoms with Gasteiger partial charge in [-0.1, -0.05) is 20.8 Å². The van der Waals surface area contributed by atoms with Crippen molar-refractivity contribution < 1.29 is 18.0 Å².